The molecule has 0 unspecified atom stereocenters. The Labute approximate surface area is 172 Å². The van der Waals surface area contributed by atoms with Crippen molar-refractivity contribution >= 4 is 23.0 Å². The molecule has 1 aliphatic rings. The molecule has 1 amide bonds. The molecule has 4 nitrogen and oxygen atoms in total. The summed E-state index contributed by atoms with van der Waals surface area (Å²) >= 11 is 0. The van der Waals surface area contributed by atoms with Gasteiger partial charge in [0.05, 0.1) is 11.0 Å². The van der Waals surface area contributed by atoms with Crippen LogP contribution in [-0.2, 0) is 17.5 Å². The van der Waals surface area contributed by atoms with Crippen LogP contribution in [-0.4, -0.2) is 33.4 Å². The van der Waals surface area contributed by atoms with Crippen LogP contribution in [0.2, 0.25) is 0 Å². The molecule has 2 aromatic carbocycles. The summed E-state index contributed by atoms with van der Waals surface area (Å²) in [5, 5.41) is 0. The second-order valence-corrected chi connectivity index (χ2v) is 7.55. The summed E-state index contributed by atoms with van der Waals surface area (Å²) in [6.45, 7) is 1.32. The van der Waals surface area contributed by atoms with Crippen molar-refractivity contribution in [2.75, 3.05) is 13.1 Å². The summed E-state index contributed by atoms with van der Waals surface area (Å²) in [6, 6.07) is 16.3. The number of fused-ring (bicyclic) bond motifs is 1. The van der Waals surface area contributed by atoms with Crippen molar-refractivity contribution in [3.8, 4) is 0 Å². The maximum atomic E-state index is 13.5. The topological polar surface area (TPSA) is 38.1 Å². The highest BCUT2D eigenvalue weighted by atomic mass is 19.4. The Balaban J connectivity index is 1.42. The van der Waals surface area contributed by atoms with Crippen LogP contribution in [0.3, 0.4) is 0 Å². The quantitative estimate of drug-likeness (QED) is 0.564. The summed E-state index contributed by atoms with van der Waals surface area (Å²) in [7, 11) is 0. The van der Waals surface area contributed by atoms with Crippen molar-refractivity contribution in [2.45, 2.75) is 25.6 Å². The summed E-state index contributed by atoms with van der Waals surface area (Å²) in [6.07, 6.45) is 0.157. The highest BCUT2D eigenvalue weighted by Gasteiger charge is 2.38. The predicted octanol–water partition coefficient (Wildman–Crippen LogP) is 5.01. The lowest BCUT2D eigenvalue weighted by atomic mass is 9.96. The van der Waals surface area contributed by atoms with Crippen molar-refractivity contribution in [3.05, 3.63) is 72.1 Å². The van der Waals surface area contributed by atoms with Crippen LogP contribution in [0.15, 0.2) is 60.7 Å². The standard InChI is InChI=1S/C23H22F3N3O/c24-23(25,26)22-27-19-8-4-5-9-20(19)29(22)16-18-12-14-28(15-13-18)21(30)11-10-17-6-2-1-3-7-17/h1-11,18H,12-16H2. The van der Waals surface area contributed by atoms with E-state index < -0.39 is 12.0 Å². The van der Waals surface area contributed by atoms with Gasteiger partial charge in [0.15, 0.2) is 0 Å². The van der Waals surface area contributed by atoms with Crippen molar-refractivity contribution in [3.63, 3.8) is 0 Å². The van der Waals surface area contributed by atoms with E-state index in [2.05, 4.69) is 4.98 Å². The van der Waals surface area contributed by atoms with E-state index in [1.54, 1.807) is 41.3 Å². The van der Waals surface area contributed by atoms with E-state index in [0.717, 1.165) is 5.56 Å². The number of amides is 1. The Morgan fingerprint density at radius 1 is 1.03 bits per heavy atom. The van der Waals surface area contributed by atoms with Crippen molar-refractivity contribution in [1.29, 1.82) is 0 Å². The van der Waals surface area contributed by atoms with Gasteiger partial charge in [-0.15, -0.1) is 0 Å². The van der Waals surface area contributed by atoms with Gasteiger partial charge in [-0.05, 0) is 42.5 Å². The summed E-state index contributed by atoms with van der Waals surface area (Å²) in [4.78, 5) is 18.0. The third-order valence-corrected chi connectivity index (χ3v) is 5.49. The molecule has 0 bridgehead atoms. The number of nitrogens with zero attached hydrogens (tertiary/aromatic N) is 3. The molecule has 156 valence electrons. The largest absolute Gasteiger partial charge is 0.449 e. The molecule has 0 radical (unpaired) electrons. The minimum Gasteiger partial charge on any atom is -0.339 e. The maximum Gasteiger partial charge on any atom is 0.449 e. The van der Waals surface area contributed by atoms with Crippen LogP contribution in [0.4, 0.5) is 13.2 Å². The van der Waals surface area contributed by atoms with Crippen LogP contribution < -0.4 is 0 Å². The first-order valence-corrected chi connectivity index (χ1v) is 9.96. The van der Waals surface area contributed by atoms with Crippen LogP contribution in [0.1, 0.15) is 24.2 Å². The molecular weight excluding hydrogens is 391 g/mol. The van der Waals surface area contributed by atoms with Gasteiger partial charge in [0, 0.05) is 25.7 Å². The maximum absolute atomic E-state index is 13.5. The van der Waals surface area contributed by atoms with E-state index in [4.69, 9.17) is 0 Å². The fourth-order valence-corrected chi connectivity index (χ4v) is 3.91. The fraction of sp³-hybridized carbons (Fsp3) is 0.304. The minimum absolute atomic E-state index is 0.0610. The lowest BCUT2D eigenvalue weighted by Crippen LogP contribution is -2.38. The normalized spacial score (nSPS) is 15.9. The van der Waals surface area contributed by atoms with Gasteiger partial charge in [0.2, 0.25) is 11.7 Å². The third-order valence-electron chi connectivity index (χ3n) is 5.49. The van der Waals surface area contributed by atoms with E-state index in [-0.39, 0.29) is 18.4 Å². The fourth-order valence-electron chi connectivity index (χ4n) is 3.91. The van der Waals surface area contributed by atoms with Crippen LogP contribution in [0.5, 0.6) is 0 Å². The molecular formula is C23H22F3N3O. The highest BCUT2D eigenvalue weighted by Crippen LogP contribution is 2.33. The molecule has 0 N–H and O–H groups in total. The molecule has 1 fully saturated rings. The summed E-state index contributed by atoms with van der Waals surface area (Å²) in [5.74, 6) is -0.861. The minimum atomic E-state index is -4.50. The first-order valence-electron chi connectivity index (χ1n) is 9.96. The van der Waals surface area contributed by atoms with Gasteiger partial charge in [0.1, 0.15) is 0 Å². The van der Waals surface area contributed by atoms with Gasteiger partial charge < -0.3 is 9.47 Å². The predicted molar refractivity (Wildman–Crippen MR) is 110 cm³/mol. The van der Waals surface area contributed by atoms with Gasteiger partial charge in [-0.1, -0.05) is 42.5 Å². The Hall–Kier alpha value is -3.09. The van der Waals surface area contributed by atoms with Crippen molar-refractivity contribution < 1.29 is 18.0 Å². The van der Waals surface area contributed by atoms with Crippen LogP contribution in [0, 0.1) is 5.92 Å². The van der Waals surface area contributed by atoms with E-state index in [1.807, 2.05) is 30.3 Å². The lowest BCUT2D eigenvalue weighted by Gasteiger charge is -2.32. The SMILES string of the molecule is O=C(C=Cc1ccccc1)N1CCC(Cn2c(C(F)(F)F)nc3ccccc32)CC1. The molecule has 30 heavy (non-hydrogen) atoms. The van der Waals surface area contributed by atoms with Crippen LogP contribution in [0.25, 0.3) is 17.1 Å². The molecule has 2 heterocycles. The van der Waals surface area contributed by atoms with Gasteiger partial charge in [-0.3, -0.25) is 4.79 Å². The number of rotatable bonds is 4. The molecule has 1 aromatic heterocycles. The second kappa shape index (κ2) is 8.34. The molecule has 7 heteroatoms. The first-order chi connectivity index (χ1) is 14.4. The average molecular weight is 413 g/mol. The Bertz CT molecular complexity index is 1050. The zero-order valence-corrected chi connectivity index (χ0v) is 16.3. The molecule has 0 aliphatic carbocycles. The van der Waals surface area contributed by atoms with Crippen molar-refractivity contribution in [1.82, 2.24) is 14.5 Å². The van der Waals surface area contributed by atoms with E-state index in [9.17, 15) is 18.0 Å². The lowest BCUT2D eigenvalue weighted by molar-refractivity contribution is -0.147. The molecule has 3 aromatic rings. The molecule has 1 saturated heterocycles. The number of halogens is 3. The van der Waals surface area contributed by atoms with Gasteiger partial charge in [0.25, 0.3) is 0 Å². The molecule has 0 atom stereocenters. The number of hydrogen-bond donors (Lipinski definition) is 0. The third kappa shape index (κ3) is 4.40. The number of aromatic nitrogens is 2. The number of piperidine rings is 1. The Kier molecular flexibility index (Phi) is 5.61. The molecule has 4 rings (SSSR count). The summed E-state index contributed by atoms with van der Waals surface area (Å²) < 4.78 is 41.8. The molecule has 0 spiro atoms. The Morgan fingerprint density at radius 2 is 1.70 bits per heavy atom. The van der Waals surface area contributed by atoms with Gasteiger partial charge >= 0.3 is 6.18 Å². The number of carbonyl (C=O) groups is 1. The zero-order chi connectivity index (χ0) is 21.1. The van der Waals surface area contributed by atoms with Gasteiger partial charge in [-0.2, -0.15) is 13.2 Å². The molecule has 0 saturated carbocycles. The first kappa shape index (κ1) is 20.2. The monoisotopic (exact) mass is 413 g/mol. The number of likely N-dealkylation sites (tertiary alicyclic amines) is 1. The smallest absolute Gasteiger partial charge is 0.339 e. The van der Waals surface area contributed by atoms with Gasteiger partial charge in [-0.25, -0.2) is 4.98 Å². The zero-order valence-electron chi connectivity index (χ0n) is 16.3. The van der Waals surface area contributed by atoms with Crippen LogP contribution >= 0.6 is 0 Å². The molecule has 1 aliphatic heterocycles. The summed E-state index contributed by atoms with van der Waals surface area (Å²) in [5.41, 5.74) is 1.80. The number of para-hydroxylation sites is 2. The van der Waals surface area contributed by atoms with E-state index in [0.29, 0.717) is 37.0 Å². The van der Waals surface area contributed by atoms with Crippen molar-refractivity contribution in [2.24, 2.45) is 5.92 Å². The number of imidazole rings is 1. The average Bonchev–Trinajstić information content (AvgIpc) is 3.12. The van der Waals surface area contributed by atoms with E-state index >= 15 is 0 Å². The second-order valence-electron chi connectivity index (χ2n) is 7.55. The number of benzene rings is 2. The number of hydrogen-bond acceptors (Lipinski definition) is 2. The number of alkyl halides is 3. The highest BCUT2D eigenvalue weighted by molar-refractivity contribution is 5.91. The number of carbonyl (C=O) groups excluding carboxylic acids is 1. The Morgan fingerprint density at radius 3 is 2.40 bits per heavy atom. The van der Waals surface area contributed by atoms with E-state index in [1.165, 1.54) is 4.57 Å².